The predicted octanol–water partition coefficient (Wildman–Crippen LogP) is 3.19. The third-order valence-corrected chi connectivity index (χ3v) is 3.31. The minimum atomic E-state index is -0.574. The van der Waals surface area contributed by atoms with E-state index in [-0.39, 0.29) is 18.2 Å². The highest BCUT2D eigenvalue weighted by molar-refractivity contribution is 5.89. The van der Waals surface area contributed by atoms with Crippen molar-refractivity contribution in [2.45, 2.75) is 46.3 Å². The van der Waals surface area contributed by atoms with E-state index < -0.39 is 5.97 Å². The standard InChI is InChI=1S/C21H24N2O4/c1-5-25-20(24)10-9-18-13-22-21(23-14-18)27-16(4)11-17-7-6-8-19(12-17)26-15(2)3/h6-8,12-16H,5,11H2,1-4H3/t16-/m1/s1. The summed E-state index contributed by atoms with van der Waals surface area (Å²) in [5.41, 5.74) is 1.62. The van der Waals surface area contributed by atoms with Gasteiger partial charge in [0.05, 0.1) is 18.3 Å². The van der Waals surface area contributed by atoms with Crippen molar-refractivity contribution in [3.05, 3.63) is 47.8 Å². The number of hydrogen-bond donors (Lipinski definition) is 0. The van der Waals surface area contributed by atoms with Crippen LogP contribution in [-0.2, 0) is 16.0 Å². The summed E-state index contributed by atoms with van der Waals surface area (Å²) in [6.45, 7) is 7.96. The van der Waals surface area contributed by atoms with Crippen molar-refractivity contribution >= 4 is 5.97 Å². The van der Waals surface area contributed by atoms with E-state index in [1.165, 1.54) is 12.4 Å². The fraction of sp³-hybridized carbons (Fsp3) is 0.381. The average Bonchev–Trinajstić information content (AvgIpc) is 2.61. The summed E-state index contributed by atoms with van der Waals surface area (Å²) in [6, 6.07) is 8.21. The first-order valence-corrected chi connectivity index (χ1v) is 8.89. The van der Waals surface area contributed by atoms with Gasteiger partial charge in [0.25, 0.3) is 0 Å². The maximum absolute atomic E-state index is 11.2. The van der Waals surface area contributed by atoms with Crippen molar-refractivity contribution in [3.63, 3.8) is 0 Å². The van der Waals surface area contributed by atoms with Gasteiger partial charge in [-0.3, -0.25) is 0 Å². The van der Waals surface area contributed by atoms with Crippen molar-refractivity contribution in [2.24, 2.45) is 0 Å². The van der Waals surface area contributed by atoms with Crippen LogP contribution < -0.4 is 9.47 Å². The van der Waals surface area contributed by atoms with Gasteiger partial charge in [0.2, 0.25) is 0 Å². The molecule has 2 rings (SSSR count). The third kappa shape index (κ3) is 7.37. The molecule has 0 saturated heterocycles. The Morgan fingerprint density at radius 3 is 2.56 bits per heavy atom. The molecule has 0 unspecified atom stereocenters. The van der Waals surface area contributed by atoms with Crippen LogP contribution in [0.15, 0.2) is 36.7 Å². The van der Waals surface area contributed by atoms with Crippen LogP contribution in [0.25, 0.3) is 0 Å². The molecule has 6 nitrogen and oxygen atoms in total. The van der Waals surface area contributed by atoms with Crippen LogP contribution in [0.1, 0.15) is 38.8 Å². The highest BCUT2D eigenvalue weighted by atomic mass is 16.5. The first-order chi connectivity index (χ1) is 13.0. The van der Waals surface area contributed by atoms with Crippen molar-refractivity contribution in [1.82, 2.24) is 9.97 Å². The second-order valence-electron chi connectivity index (χ2n) is 6.17. The molecule has 1 aromatic heterocycles. The van der Waals surface area contributed by atoms with Gasteiger partial charge in [-0.05, 0) is 45.4 Å². The predicted molar refractivity (Wildman–Crippen MR) is 102 cm³/mol. The zero-order chi connectivity index (χ0) is 19.6. The number of esters is 1. The fourth-order valence-electron chi connectivity index (χ4n) is 2.30. The van der Waals surface area contributed by atoms with E-state index in [2.05, 4.69) is 21.8 Å². The number of rotatable bonds is 7. The summed E-state index contributed by atoms with van der Waals surface area (Å²) in [6.07, 6.45) is 3.74. The van der Waals surface area contributed by atoms with Crippen LogP contribution >= 0.6 is 0 Å². The van der Waals surface area contributed by atoms with E-state index >= 15 is 0 Å². The van der Waals surface area contributed by atoms with Crippen molar-refractivity contribution in [3.8, 4) is 23.6 Å². The van der Waals surface area contributed by atoms with Gasteiger partial charge in [0, 0.05) is 24.7 Å². The minimum absolute atomic E-state index is 0.115. The first-order valence-electron chi connectivity index (χ1n) is 8.89. The van der Waals surface area contributed by atoms with Gasteiger partial charge in [0.15, 0.2) is 0 Å². The lowest BCUT2D eigenvalue weighted by Gasteiger charge is -2.14. The average molecular weight is 368 g/mol. The molecule has 0 bridgehead atoms. The topological polar surface area (TPSA) is 70.5 Å². The molecule has 0 saturated carbocycles. The molecular formula is C21H24N2O4. The highest BCUT2D eigenvalue weighted by Crippen LogP contribution is 2.17. The Labute approximate surface area is 159 Å². The third-order valence-electron chi connectivity index (χ3n) is 3.31. The molecule has 27 heavy (non-hydrogen) atoms. The van der Waals surface area contributed by atoms with Gasteiger partial charge in [-0.15, -0.1) is 0 Å². The number of carbonyl (C=O) groups excluding carboxylic acids is 1. The van der Waals surface area contributed by atoms with Crippen LogP contribution in [0.3, 0.4) is 0 Å². The van der Waals surface area contributed by atoms with E-state index in [1.807, 2.05) is 45.0 Å². The zero-order valence-corrected chi connectivity index (χ0v) is 16.1. The number of carbonyl (C=O) groups is 1. The van der Waals surface area contributed by atoms with Crippen molar-refractivity contribution in [1.29, 1.82) is 0 Å². The second-order valence-corrected chi connectivity index (χ2v) is 6.17. The molecule has 0 radical (unpaired) electrons. The second kappa shape index (κ2) is 10.2. The summed E-state index contributed by atoms with van der Waals surface area (Å²) in [5, 5.41) is 0. The Bertz CT molecular complexity index is 807. The minimum Gasteiger partial charge on any atom is -0.491 e. The van der Waals surface area contributed by atoms with E-state index in [0.717, 1.165) is 11.3 Å². The Kier molecular flexibility index (Phi) is 7.63. The molecular weight excluding hydrogens is 344 g/mol. The quantitative estimate of drug-likeness (QED) is 0.552. The number of benzene rings is 1. The molecule has 0 fully saturated rings. The molecule has 0 spiro atoms. The first kappa shape index (κ1) is 20.2. The molecule has 6 heteroatoms. The number of nitrogens with zero attached hydrogens (tertiary/aromatic N) is 2. The normalized spacial score (nSPS) is 11.3. The molecule has 0 amide bonds. The van der Waals surface area contributed by atoms with Crippen LogP contribution in [0.4, 0.5) is 0 Å². The molecule has 1 heterocycles. The van der Waals surface area contributed by atoms with E-state index in [1.54, 1.807) is 6.92 Å². The van der Waals surface area contributed by atoms with E-state index in [9.17, 15) is 4.79 Å². The lowest BCUT2D eigenvalue weighted by molar-refractivity contribution is -0.136. The van der Waals surface area contributed by atoms with Gasteiger partial charge in [-0.1, -0.05) is 18.1 Å². The maximum atomic E-state index is 11.2. The zero-order valence-electron chi connectivity index (χ0n) is 16.1. The molecule has 0 aliphatic rings. The van der Waals surface area contributed by atoms with Crippen LogP contribution in [0.2, 0.25) is 0 Å². The van der Waals surface area contributed by atoms with Gasteiger partial charge in [-0.25, -0.2) is 14.8 Å². The van der Waals surface area contributed by atoms with Crippen molar-refractivity contribution < 1.29 is 19.0 Å². The monoisotopic (exact) mass is 368 g/mol. The molecule has 142 valence electrons. The van der Waals surface area contributed by atoms with Crippen LogP contribution in [0, 0.1) is 11.8 Å². The number of aromatic nitrogens is 2. The summed E-state index contributed by atoms with van der Waals surface area (Å²) in [7, 11) is 0. The van der Waals surface area contributed by atoms with Crippen LogP contribution in [-0.4, -0.2) is 34.8 Å². The maximum Gasteiger partial charge on any atom is 0.384 e. The Morgan fingerprint density at radius 1 is 1.15 bits per heavy atom. The smallest absolute Gasteiger partial charge is 0.384 e. The Balaban J connectivity index is 1.92. The van der Waals surface area contributed by atoms with Crippen LogP contribution in [0.5, 0.6) is 11.8 Å². The highest BCUT2D eigenvalue weighted by Gasteiger charge is 2.09. The SMILES string of the molecule is CCOC(=O)C#Cc1cnc(O[C@H](C)Cc2cccc(OC(C)C)c2)nc1. The molecule has 1 atom stereocenters. The summed E-state index contributed by atoms with van der Waals surface area (Å²) in [4.78, 5) is 19.5. The largest absolute Gasteiger partial charge is 0.491 e. The van der Waals surface area contributed by atoms with Gasteiger partial charge < -0.3 is 14.2 Å². The summed E-state index contributed by atoms with van der Waals surface area (Å²) < 4.78 is 16.2. The summed E-state index contributed by atoms with van der Waals surface area (Å²) >= 11 is 0. The molecule has 0 aliphatic heterocycles. The molecule has 1 aromatic carbocycles. The van der Waals surface area contributed by atoms with Crippen molar-refractivity contribution in [2.75, 3.05) is 6.61 Å². The Hall–Kier alpha value is -3.07. The lowest BCUT2D eigenvalue weighted by Crippen LogP contribution is -2.16. The van der Waals surface area contributed by atoms with E-state index in [0.29, 0.717) is 18.6 Å². The number of hydrogen-bond acceptors (Lipinski definition) is 6. The number of ether oxygens (including phenoxy) is 3. The van der Waals surface area contributed by atoms with Gasteiger partial charge in [-0.2, -0.15) is 0 Å². The summed E-state index contributed by atoms with van der Waals surface area (Å²) in [5.74, 6) is 5.29. The fourth-order valence-corrected chi connectivity index (χ4v) is 2.30. The lowest BCUT2D eigenvalue weighted by atomic mass is 10.1. The Morgan fingerprint density at radius 2 is 1.89 bits per heavy atom. The van der Waals surface area contributed by atoms with Gasteiger partial charge >= 0.3 is 12.0 Å². The molecule has 0 aliphatic carbocycles. The van der Waals surface area contributed by atoms with Gasteiger partial charge in [0.1, 0.15) is 11.9 Å². The molecule has 2 aromatic rings. The van der Waals surface area contributed by atoms with E-state index in [4.69, 9.17) is 14.2 Å². The molecule has 0 N–H and O–H groups in total.